The lowest BCUT2D eigenvalue weighted by atomic mass is 10.2. The Morgan fingerprint density at radius 2 is 2.14 bits per heavy atom. The van der Waals surface area contributed by atoms with E-state index in [9.17, 15) is 9.59 Å². The zero-order valence-electron chi connectivity index (χ0n) is 7.27. The number of ether oxygens (including phenoxy) is 1. The SMILES string of the molecule is NC(=O)N1Cc2ccccc2OC1=O. The molecule has 1 heterocycles. The fourth-order valence-corrected chi connectivity index (χ4v) is 1.29. The summed E-state index contributed by atoms with van der Waals surface area (Å²) in [6, 6.07) is 6.21. The second-order valence-electron chi connectivity index (χ2n) is 2.90. The van der Waals surface area contributed by atoms with Gasteiger partial charge in [-0.25, -0.2) is 14.5 Å². The molecule has 0 atom stereocenters. The Morgan fingerprint density at radius 3 is 2.86 bits per heavy atom. The highest BCUT2D eigenvalue weighted by atomic mass is 16.6. The van der Waals surface area contributed by atoms with Crippen LogP contribution in [0.1, 0.15) is 5.56 Å². The molecule has 0 aliphatic carbocycles. The van der Waals surface area contributed by atoms with E-state index < -0.39 is 12.1 Å². The molecule has 5 nitrogen and oxygen atoms in total. The van der Waals surface area contributed by atoms with E-state index in [1.165, 1.54) is 0 Å². The number of benzene rings is 1. The van der Waals surface area contributed by atoms with Crippen LogP contribution in [0, 0.1) is 0 Å². The number of nitrogens with two attached hydrogens (primary N) is 1. The summed E-state index contributed by atoms with van der Waals surface area (Å²) in [5.74, 6) is 0.481. The van der Waals surface area contributed by atoms with Gasteiger partial charge in [-0.05, 0) is 6.07 Å². The van der Waals surface area contributed by atoms with Gasteiger partial charge in [0.2, 0.25) is 0 Å². The predicted octanol–water partition coefficient (Wildman–Crippen LogP) is 1.08. The summed E-state index contributed by atoms with van der Waals surface area (Å²) < 4.78 is 4.89. The van der Waals surface area contributed by atoms with Crippen LogP contribution in [0.4, 0.5) is 9.59 Å². The summed E-state index contributed by atoms with van der Waals surface area (Å²) in [6.45, 7) is 0.171. The smallest absolute Gasteiger partial charge is 0.409 e. The Morgan fingerprint density at radius 1 is 1.43 bits per heavy atom. The summed E-state index contributed by atoms with van der Waals surface area (Å²) in [6.07, 6.45) is -0.726. The number of hydrogen-bond donors (Lipinski definition) is 1. The Hall–Kier alpha value is -2.04. The Bertz CT molecular complexity index is 403. The van der Waals surface area contributed by atoms with Crippen molar-refractivity contribution < 1.29 is 14.3 Å². The maximum absolute atomic E-state index is 11.2. The van der Waals surface area contributed by atoms with Crippen LogP contribution in [0.25, 0.3) is 0 Å². The van der Waals surface area contributed by atoms with Gasteiger partial charge in [-0.1, -0.05) is 18.2 Å². The third-order valence-corrected chi connectivity index (χ3v) is 1.98. The number of imide groups is 1. The fraction of sp³-hybridized carbons (Fsp3) is 0.111. The molecular formula is C9H8N2O3. The molecule has 72 valence electrons. The first-order valence-corrected chi connectivity index (χ1v) is 4.05. The van der Waals surface area contributed by atoms with Crippen LogP contribution in [-0.4, -0.2) is 17.0 Å². The first-order chi connectivity index (χ1) is 6.68. The molecule has 1 aliphatic rings. The van der Waals surface area contributed by atoms with Crippen molar-refractivity contribution in [2.45, 2.75) is 6.54 Å². The average Bonchev–Trinajstić information content (AvgIpc) is 2.16. The monoisotopic (exact) mass is 192 g/mol. The minimum Gasteiger partial charge on any atom is -0.409 e. The molecule has 1 aromatic carbocycles. The van der Waals surface area contributed by atoms with Gasteiger partial charge in [-0.3, -0.25) is 0 Å². The van der Waals surface area contributed by atoms with Gasteiger partial charge < -0.3 is 10.5 Å². The maximum Gasteiger partial charge on any atom is 0.423 e. The van der Waals surface area contributed by atoms with Crippen LogP contribution in [0.2, 0.25) is 0 Å². The molecule has 0 saturated heterocycles. The summed E-state index contributed by atoms with van der Waals surface area (Å²) in [5, 5.41) is 0. The summed E-state index contributed by atoms with van der Waals surface area (Å²) in [5.41, 5.74) is 5.77. The number of rotatable bonds is 0. The van der Waals surface area contributed by atoms with E-state index in [1.807, 2.05) is 0 Å². The largest absolute Gasteiger partial charge is 0.423 e. The number of amides is 3. The first-order valence-electron chi connectivity index (χ1n) is 4.05. The lowest BCUT2D eigenvalue weighted by molar-refractivity contribution is 0.146. The number of hydrogen-bond acceptors (Lipinski definition) is 3. The highest BCUT2D eigenvalue weighted by Crippen LogP contribution is 2.24. The average molecular weight is 192 g/mol. The van der Waals surface area contributed by atoms with Gasteiger partial charge in [0.15, 0.2) is 0 Å². The van der Waals surface area contributed by atoms with Crippen molar-refractivity contribution in [3.63, 3.8) is 0 Å². The van der Waals surface area contributed by atoms with Crippen molar-refractivity contribution >= 4 is 12.1 Å². The standard InChI is InChI=1S/C9H8N2O3/c10-8(12)11-5-6-3-1-2-4-7(6)14-9(11)13/h1-4H,5H2,(H2,10,12). The lowest BCUT2D eigenvalue weighted by Crippen LogP contribution is -2.44. The molecule has 14 heavy (non-hydrogen) atoms. The van der Waals surface area contributed by atoms with Crippen molar-refractivity contribution in [1.29, 1.82) is 0 Å². The van der Waals surface area contributed by atoms with E-state index in [0.29, 0.717) is 5.75 Å². The van der Waals surface area contributed by atoms with E-state index in [0.717, 1.165) is 10.5 Å². The normalized spacial score (nSPS) is 14.6. The van der Waals surface area contributed by atoms with Crippen LogP contribution < -0.4 is 10.5 Å². The highest BCUT2D eigenvalue weighted by Gasteiger charge is 2.27. The Balaban J connectivity index is 2.36. The second-order valence-corrected chi connectivity index (χ2v) is 2.90. The van der Waals surface area contributed by atoms with Crippen LogP contribution in [-0.2, 0) is 6.54 Å². The number of primary amides is 1. The van der Waals surface area contributed by atoms with Crippen molar-refractivity contribution in [2.24, 2.45) is 5.73 Å². The first kappa shape index (κ1) is 8.55. The van der Waals surface area contributed by atoms with Crippen LogP contribution in [0.5, 0.6) is 5.75 Å². The quantitative estimate of drug-likeness (QED) is 0.668. The summed E-state index contributed by atoms with van der Waals surface area (Å²) in [4.78, 5) is 22.9. The maximum atomic E-state index is 11.2. The van der Waals surface area contributed by atoms with E-state index in [2.05, 4.69) is 0 Å². The number of urea groups is 1. The molecular weight excluding hydrogens is 184 g/mol. The number of nitrogens with zero attached hydrogens (tertiary/aromatic N) is 1. The Kier molecular flexibility index (Phi) is 1.85. The molecule has 0 radical (unpaired) electrons. The van der Waals surface area contributed by atoms with E-state index in [-0.39, 0.29) is 6.54 Å². The Labute approximate surface area is 80.1 Å². The van der Waals surface area contributed by atoms with Gasteiger partial charge in [0.1, 0.15) is 5.75 Å². The number of para-hydroxylation sites is 1. The number of fused-ring (bicyclic) bond motifs is 1. The molecule has 2 rings (SSSR count). The predicted molar refractivity (Wildman–Crippen MR) is 47.6 cm³/mol. The molecule has 0 bridgehead atoms. The van der Waals surface area contributed by atoms with Crippen LogP contribution in [0.3, 0.4) is 0 Å². The van der Waals surface area contributed by atoms with Gasteiger partial charge in [-0.15, -0.1) is 0 Å². The van der Waals surface area contributed by atoms with Gasteiger partial charge >= 0.3 is 12.1 Å². The third kappa shape index (κ3) is 1.28. The molecule has 0 spiro atoms. The fourth-order valence-electron chi connectivity index (χ4n) is 1.29. The zero-order chi connectivity index (χ0) is 10.1. The lowest BCUT2D eigenvalue weighted by Gasteiger charge is -2.24. The van der Waals surface area contributed by atoms with Crippen LogP contribution in [0.15, 0.2) is 24.3 Å². The van der Waals surface area contributed by atoms with Gasteiger partial charge in [-0.2, -0.15) is 0 Å². The second kappa shape index (κ2) is 3.02. The molecule has 3 amide bonds. The molecule has 5 heteroatoms. The third-order valence-electron chi connectivity index (χ3n) is 1.98. The molecule has 0 unspecified atom stereocenters. The topological polar surface area (TPSA) is 72.6 Å². The van der Waals surface area contributed by atoms with Crippen molar-refractivity contribution in [3.05, 3.63) is 29.8 Å². The minimum absolute atomic E-state index is 0.171. The van der Waals surface area contributed by atoms with Crippen LogP contribution >= 0.6 is 0 Å². The van der Waals surface area contributed by atoms with Crippen molar-refractivity contribution in [2.75, 3.05) is 0 Å². The molecule has 0 aromatic heterocycles. The number of carbonyl (C=O) groups is 2. The van der Waals surface area contributed by atoms with Crippen molar-refractivity contribution in [3.8, 4) is 5.75 Å². The van der Waals surface area contributed by atoms with Gasteiger partial charge in [0.05, 0.1) is 6.54 Å². The molecule has 1 aromatic rings. The molecule has 2 N–H and O–H groups in total. The van der Waals surface area contributed by atoms with Gasteiger partial charge in [0, 0.05) is 5.56 Å². The molecule has 0 fully saturated rings. The van der Waals surface area contributed by atoms with E-state index in [1.54, 1.807) is 24.3 Å². The number of carbonyl (C=O) groups excluding carboxylic acids is 2. The van der Waals surface area contributed by atoms with E-state index in [4.69, 9.17) is 10.5 Å². The highest BCUT2D eigenvalue weighted by molar-refractivity contribution is 5.91. The molecule has 0 saturated carbocycles. The summed E-state index contributed by atoms with van der Waals surface area (Å²) in [7, 11) is 0. The van der Waals surface area contributed by atoms with E-state index >= 15 is 0 Å². The zero-order valence-corrected chi connectivity index (χ0v) is 7.27. The minimum atomic E-state index is -0.801. The van der Waals surface area contributed by atoms with Gasteiger partial charge in [0.25, 0.3) is 0 Å². The summed E-state index contributed by atoms with van der Waals surface area (Å²) >= 11 is 0. The molecule has 1 aliphatic heterocycles. The van der Waals surface area contributed by atoms with Crippen molar-refractivity contribution in [1.82, 2.24) is 4.90 Å².